The molecule has 7 nitrogen and oxygen atoms in total. The molecule has 1 aliphatic carbocycles. The van der Waals surface area contributed by atoms with Crippen molar-refractivity contribution in [1.29, 1.82) is 0 Å². The van der Waals surface area contributed by atoms with Crippen LogP contribution in [0.5, 0.6) is 0 Å². The van der Waals surface area contributed by atoms with Gasteiger partial charge in [-0.3, -0.25) is 10.2 Å². The molecule has 3 amide bonds. The second-order valence-corrected chi connectivity index (χ2v) is 5.84. The molecule has 7 heteroatoms. The van der Waals surface area contributed by atoms with Gasteiger partial charge >= 0.3 is 6.03 Å². The number of rotatable bonds is 3. The van der Waals surface area contributed by atoms with Crippen molar-refractivity contribution in [3.05, 3.63) is 30.6 Å². The fourth-order valence-corrected chi connectivity index (χ4v) is 2.93. The minimum atomic E-state index is -0.360. The van der Waals surface area contributed by atoms with Crippen LogP contribution in [-0.4, -0.2) is 27.5 Å². The summed E-state index contributed by atoms with van der Waals surface area (Å²) in [6.07, 6.45) is 7.14. The topological polar surface area (TPSA) is 88.1 Å². The quantitative estimate of drug-likeness (QED) is 0.753. The fourth-order valence-electron chi connectivity index (χ4n) is 2.93. The Morgan fingerprint density at radius 3 is 2.74 bits per heavy atom. The highest BCUT2D eigenvalue weighted by Gasteiger charge is 2.15. The van der Waals surface area contributed by atoms with Crippen molar-refractivity contribution in [2.75, 3.05) is 0 Å². The van der Waals surface area contributed by atoms with Crippen molar-refractivity contribution in [2.45, 2.75) is 44.7 Å². The number of nitrogens with one attached hydrogen (secondary N) is 3. The first kappa shape index (κ1) is 15.3. The highest BCUT2D eigenvalue weighted by Crippen LogP contribution is 2.17. The second kappa shape index (κ2) is 7.13. The number of benzene rings is 1. The van der Waals surface area contributed by atoms with E-state index >= 15 is 0 Å². The van der Waals surface area contributed by atoms with Crippen molar-refractivity contribution in [1.82, 2.24) is 25.7 Å². The number of urea groups is 1. The number of hydrazine groups is 1. The number of fused-ring (bicyclic) bond motifs is 1. The first-order valence-electron chi connectivity index (χ1n) is 7.97. The molecule has 0 saturated heterocycles. The van der Waals surface area contributed by atoms with Crippen LogP contribution >= 0.6 is 0 Å². The molecule has 122 valence electrons. The van der Waals surface area contributed by atoms with Crippen LogP contribution in [0.2, 0.25) is 0 Å². The summed E-state index contributed by atoms with van der Waals surface area (Å²) in [5.41, 5.74) is 6.55. The Morgan fingerprint density at radius 1 is 1.13 bits per heavy atom. The lowest BCUT2D eigenvalue weighted by Gasteiger charge is -2.22. The largest absolute Gasteiger partial charge is 0.334 e. The molecule has 2 aromatic rings. The molecule has 1 saturated carbocycles. The van der Waals surface area contributed by atoms with E-state index < -0.39 is 0 Å². The lowest BCUT2D eigenvalue weighted by atomic mass is 9.96. The van der Waals surface area contributed by atoms with Crippen LogP contribution in [0.25, 0.3) is 11.0 Å². The van der Waals surface area contributed by atoms with Gasteiger partial charge in [-0.25, -0.2) is 15.2 Å². The third-order valence-electron chi connectivity index (χ3n) is 4.10. The van der Waals surface area contributed by atoms with Gasteiger partial charge in [0.25, 0.3) is 5.91 Å². The Bertz CT molecular complexity index is 691. The van der Waals surface area contributed by atoms with Crippen molar-refractivity contribution in [3.63, 3.8) is 0 Å². The Balaban J connectivity index is 1.46. The zero-order chi connectivity index (χ0) is 16.1. The van der Waals surface area contributed by atoms with E-state index in [0.717, 1.165) is 36.7 Å². The van der Waals surface area contributed by atoms with Crippen molar-refractivity contribution in [2.24, 2.45) is 0 Å². The van der Waals surface area contributed by atoms with Gasteiger partial charge in [0.05, 0.1) is 17.4 Å². The molecule has 0 atom stereocenters. The molecule has 23 heavy (non-hydrogen) atoms. The number of carbonyl (C=O) groups excluding carboxylic acids is 2. The SMILES string of the molecule is O=C(Cn1cnc2ccccc21)NNC(=O)NC1CCCCC1. The molecule has 1 fully saturated rings. The average molecular weight is 315 g/mol. The maximum Gasteiger partial charge on any atom is 0.333 e. The van der Waals surface area contributed by atoms with Crippen molar-refractivity contribution >= 4 is 23.0 Å². The third-order valence-corrected chi connectivity index (χ3v) is 4.10. The predicted molar refractivity (Wildman–Crippen MR) is 86.4 cm³/mol. The highest BCUT2D eigenvalue weighted by atomic mass is 16.2. The minimum Gasteiger partial charge on any atom is -0.334 e. The first-order chi connectivity index (χ1) is 11.2. The molecule has 0 bridgehead atoms. The predicted octanol–water partition coefficient (Wildman–Crippen LogP) is 1.70. The van der Waals surface area contributed by atoms with E-state index in [2.05, 4.69) is 21.2 Å². The molecule has 1 heterocycles. The molecular weight excluding hydrogens is 294 g/mol. The number of hydrogen-bond acceptors (Lipinski definition) is 3. The monoisotopic (exact) mass is 315 g/mol. The number of para-hydroxylation sites is 2. The molecule has 0 unspecified atom stereocenters. The minimum absolute atomic E-state index is 0.101. The zero-order valence-electron chi connectivity index (χ0n) is 12.9. The Kier molecular flexibility index (Phi) is 4.75. The number of amides is 3. The second-order valence-electron chi connectivity index (χ2n) is 5.84. The maximum absolute atomic E-state index is 11.9. The van der Waals surface area contributed by atoms with Crippen LogP contribution < -0.4 is 16.2 Å². The molecule has 3 N–H and O–H groups in total. The van der Waals surface area contributed by atoms with Crippen LogP contribution in [0, 0.1) is 0 Å². The van der Waals surface area contributed by atoms with Gasteiger partial charge < -0.3 is 9.88 Å². The average Bonchev–Trinajstić information content (AvgIpc) is 2.97. The maximum atomic E-state index is 11.9. The van der Waals surface area contributed by atoms with E-state index in [1.165, 1.54) is 6.42 Å². The van der Waals surface area contributed by atoms with Crippen molar-refractivity contribution < 1.29 is 9.59 Å². The molecular formula is C16H21N5O2. The smallest absolute Gasteiger partial charge is 0.333 e. The third kappa shape index (κ3) is 4.00. The van der Waals surface area contributed by atoms with Gasteiger partial charge in [0, 0.05) is 6.04 Å². The molecule has 0 radical (unpaired) electrons. The van der Waals surface area contributed by atoms with E-state index in [1.807, 2.05) is 24.3 Å². The molecule has 3 rings (SSSR count). The summed E-state index contributed by atoms with van der Waals surface area (Å²) in [4.78, 5) is 28.0. The van der Waals surface area contributed by atoms with E-state index in [4.69, 9.17) is 0 Å². The first-order valence-corrected chi connectivity index (χ1v) is 7.97. The van der Waals surface area contributed by atoms with Crippen LogP contribution in [0.3, 0.4) is 0 Å². The molecule has 0 spiro atoms. The Labute approximate surface area is 134 Å². The summed E-state index contributed by atoms with van der Waals surface area (Å²) in [6, 6.07) is 7.43. The Hall–Kier alpha value is -2.57. The number of hydrogen-bond donors (Lipinski definition) is 3. The summed E-state index contributed by atoms with van der Waals surface area (Å²) in [7, 11) is 0. The highest BCUT2D eigenvalue weighted by molar-refractivity contribution is 5.83. The summed E-state index contributed by atoms with van der Waals surface area (Å²) in [5.74, 6) is -0.299. The lowest BCUT2D eigenvalue weighted by molar-refractivity contribution is -0.122. The van der Waals surface area contributed by atoms with Gasteiger partial charge in [0.15, 0.2) is 0 Å². The number of carbonyl (C=O) groups is 2. The van der Waals surface area contributed by atoms with E-state index in [0.29, 0.717) is 0 Å². The van der Waals surface area contributed by atoms with E-state index in [9.17, 15) is 9.59 Å². The molecule has 0 aliphatic heterocycles. The Morgan fingerprint density at radius 2 is 1.91 bits per heavy atom. The molecule has 1 aromatic carbocycles. The van der Waals surface area contributed by atoms with Gasteiger partial charge in [-0.2, -0.15) is 0 Å². The number of imidazole rings is 1. The summed E-state index contributed by atoms with van der Waals surface area (Å²) in [6.45, 7) is 0.101. The van der Waals surface area contributed by atoms with Gasteiger partial charge in [-0.15, -0.1) is 0 Å². The zero-order valence-corrected chi connectivity index (χ0v) is 12.9. The van der Waals surface area contributed by atoms with Crippen LogP contribution in [0.4, 0.5) is 4.79 Å². The van der Waals surface area contributed by atoms with Crippen LogP contribution in [0.15, 0.2) is 30.6 Å². The summed E-state index contributed by atoms with van der Waals surface area (Å²) in [5, 5.41) is 2.88. The summed E-state index contributed by atoms with van der Waals surface area (Å²) >= 11 is 0. The number of aromatic nitrogens is 2. The van der Waals surface area contributed by atoms with Gasteiger partial charge in [-0.05, 0) is 25.0 Å². The van der Waals surface area contributed by atoms with E-state index in [1.54, 1.807) is 10.9 Å². The standard InChI is InChI=1S/C16H21N5O2/c22-15(10-21-11-17-13-8-4-5-9-14(13)21)19-20-16(23)18-12-6-2-1-3-7-12/h4-5,8-9,11-12H,1-3,6-7,10H2,(H,19,22)(H2,18,20,23). The van der Waals surface area contributed by atoms with Gasteiger partial charge in [0.1, 0.15) is 6.54 Å². The fraction of sp³-hybridized carbons (Fsp3) is 0.438. The molecule has 1 aromatic heterocycles. The molecule has 1 aliphatic rings. The van der Waals surface area contributed by atoms with Crippen molar-refractivity contribution in [3.8, 4) is 0 Å². The van der Waals surface area contributed by atoms with Crippen LogP contribution in [0.1, 0.15) is 32.1 Å². The van der Waals surface area contributed by atoms with E-state index in [-0.39, 0.29) is 24.5 Å². The normalized spacial score (nSPS) is 15.3. The summed E-state index contributed by atoms with van der Waals surface area (Å²) < 4.78 is 1.74. The van der Waals surface area contributed by atoms with Gasteiger partial charge in [0.2, 0.25) is 0 Å². The lowest BCUT2D eigenvalue weighted by Crippen LogP contribution is -2.50. The van der Waals surface area contributed by atoms with Crippen LogP contribution in [-0.2, 0) is 11.3 Å². The van der Waals surface area contributed by atoms with Gasteiger partial charge in [-0.1, -0.05) is 31.4 Å². The number of nitrogens with zero attached hydrogens (tertiary/aromatic N) is 2.